The van der Waals surface area contributed by atoms with Crippen LogP contribution in [0.2, 0.25) is 0 Å². The molecular formula is C13H14BrNO4. The lowest BCUT2D eigenvalue weighted by atomic mass is 10.1. The summed E-state index contributed by atoms with van der Waals surface area (Å²) in [6, 6.07) is 5.28. The Labute approximate surface area is 119 Å². The Balaban J connectivity index is 2.27. The fourth-order valence-corrected chi connectivity index (χ4v) is 2.59. The van der Waals surface area contributed by atoms with Crippen molar-refractivity contribution in [2.75, 3.05) is 18.6 Å². The number of nitrogens with zero attached hydrogens (tertiary/aromatic N) is 1. The minimum Gasteiger partial charge on any atom is -0.469 e. The molecule has 1 amide bonds. The van der Waals surface area contributed by atoms with Crippen molar-refractivity contribution in [1.82, 2.24) is 0 Å². The number of amides is 1. The number of aliphatic hydroxyl groups is 1. The molecule has 1 aromatic carbocycles. The van der Waals surface area contributed by atoms with Crippen LogP contribution in [0, 0.1) is 5.92 Å². The number of ether oxygens (including phenoxy) is 1. The van der Waals surface area contributed by atoms with E-state index in [2.05, 4.69) is 20.7 Å². The Bertz CT molecular complexity index is 517. The minimum atomic E-state index is -0.429. The van der Waals surface area contributed by atoms with Gasteiger partial charge in [0.1, 0.15) is 0 Å². The molecule has 0 aromatic heterocycles. The van der Waals surface area contributed by atoms with Crippen molar-refractivity contribution in [2.45, 2.75) is 13.0 Å². The Hall–Kier alpha value is -1.40. The first kappa shape index (κ1) is 14.0. The largest absolute Gasteiger partial charge is 0.469 e. The van der Waals surface area contributed by atoms with E-state index in [1.807, 2.05) is 0 Å². The van der Waals surface area contributed by atoms with Gasteiger partial charge in [0, 0.05) is 17.4 Å². The molecule has 0 saturated carbocycles. The van der Waals surface area contributed by atoms with Gasteiger partial charge in [-0.3, -0.25) is 9.59 Å². The second-order valence-electron chi connectivity index (χ2n) is 4.37. The lowest BCUT2D eigenvalue weighted by molar-refractivity contribution is -0.145. The maximum absolute atomic E-state index is 12.0. The van der Waals surface area contributed by atoms with Gasteiger partial charge in [-0.2, -0.15) is 0 Å². The molecule has 1 atom stereocenters. The SMILES string of the molecule is COC(=O)C1CC(=O)N(c2cc(CO)ccc2Br)C1. The van der Waals surface area contributed by atoms with Gasteiger partial charge < -0.3 is 14.7 Å². The molecule has 1 aliphatic rings. The number of hydrogen-bond donors (Lipinski definition) is 1. The standard InChI is InChI=1S/C13H14BrNO4/c1-19-13(18)9-5-12(17)15(6-9)11-4-8(7-16)2-3-10(11)14/h2-4,9,16H,5-7H2,1H3. The van der Waals surface area contributed by atoms with Gasteiger partial charge in [0.2, 0.25) is 5.91 Å². The zero-order valence-corrected chi connectivity index (χ0v) is 12.0. The van der Waals surface area contributed by atoms with Gasteiger partial charge >= 0.3 is 5.97 Å². The van der Waals surface area contributed by atoms with Gasteiger partial charge in [-0.15, -0.1) is 0 Å². The molecule has 102 valence electrons. The van der Waals surface area contributed by atoms with E-state index in [4.69, 9.17) is 5.11 Å². The zero-order chi connectivity index (χ0) is 14.0. The fraction of sp³-hybridized carbons (Fsp3) is 0.385. The molecule has 1 N–H and O–H groups in total. The molecule has 2 rings (SSSR count). The number of benzene rings is 1. The van der Waals surface area contributed by atoms with Gasteiger partial charge in [-0.05, 0) is 33.6 Å². The van der Waals surface area contributed by atoms with Crippen molar-refractivity contribution < 1.29 is 19.4 Å². The normalized spacial score (nSPS) is 18.8. The molecule has 0 aliphatic carbocycles. The third kappa shape index (κ3) is 2.79. The highest BCUT2D eigenvalue weighted by Crippen LogP contribution is 2.32. The molecule has 19 heavy (non-hydrogen) atoms. The molecule has 1 aliphatic heterocycles. The maximum atomic E-state index is 12.0. The number of anilines is 1. The van der Waals surface area contributed by atoms with Gasteiger partial charge in [0.15, 0.2) is 0 Å². The number of esters is 1. The third-order valence-corrected chi connectivity index (χ3v) is 3.81. The van der Waals surface area contributed by atoms with Crippen molar-refractivity contribution in [3.8, 4) is 0 Å². The molecule has 0 radical (unpaired) electrons. The Morgan fingerprint density at radius 1 is 1.58 bits per heavy atom. The molecule has 5 nitrogen and oxygen atoms in total. The summed E-state index contributed by atoms with van der Waals surface area (Å²) in [6.07, 6.45) is 0.155. The van der Waals surface area contributed by atoms with Crippen molar-refractivity contribution in [3.05, 3.63) is 28.2 Å². The van der Waals surface area contributed by atoms with Crippen LogP contribution in [-0.2, 0) is 20.9 Å². The predicted molar refractivity (Wildman–Crippen MR) is 72.5 cm³/mol. The monoisotopic (exact) mass is 327 g/mol. The van der Waals surface area contributed by atoms with E-state index in [0.29, 0.717) is 17.8 Å². The van der Waals surface area contributed by atoms with Gasteiger partial charge in [-0.25, -0.2) is 0 Å². The minimum absolute atomic E-state index is 0.0945. The highest BCUT2D eigenvalue weighted by Gasteiger charge is 2.36. The smallest absolute Gasteiger partial charge is 0.311 e. The van der Waals surface area contributed by atoms with Crippen molar-refractivity contribution in [3.63, 3.8) is 0 Å². The van der Waals surface area contributed by atoms with Crippen LogP contribution >= 0.6 is 15.9 Å². The summed E-state index contributed by atoms with van der Waals surface area (Å²) in [5.74, 6) is -0.918. The second kappa shape index (κ2) is 5.71. The van der Waals surface area contributed by atoms with Crippen LogP contribution in [0.5, 0.6) is 0 Å². The molecule has 1 fully saturated rings. The average Bonchev–Trinajstić information content (AvgIpc) is 2.80. The molecule has 1 aromatic rings. The molecule has 1 heterocycles. The number of hydrogen-bond acceptors (Lipinski definition) is 4. The van der Waals surface area contributed by atoms with Gasteiger partial charge in [-0.1, -0.05) is 6.07 Å². The molecule has 1 saturated heterocycles. The van der Waals surface area contributed by atoms with Crippen LogP contribution in [0.25, 0.3) is 0 Å². The van der Waals surface area contributed by atoms with Crippen LogP contribution in [0.3, 0.4) is 0 Å². The first-order chi connectivity index (χ1) is 9.06. The van der Waals surface area contributed by atoms with Gasteiger partial charge in [0.05, 0.1) is 25.3 Å². The lowest BCUT2D eigenvalue weighted by Crippen LogP contribution is -2.26. The Morgan fingerprint density at radius 2 is 2.32 bits per heavy atom. The quantitative estimate of drug-likeness (QED) is 0.854. The van der Waals surface area contributed by atoms with Crippen LogP contribution in [-0.4, -0.2) is 30.6 Å². The van der Waals surface area contributed by atoms with E-state index in [1.165, 1.54) is 7.11 Å². The summed E-state index contributed by atoms with van der Waals surface area (Å²) in [5.41, 5.74) is 1.38. The van der Waals surface area contributed by atoms with Crippen molar-refractivity contribution in [2.24, 2.45) is 5.92 Å². The van der Waals surface area contributed by atoms with E-state index in [0.717, 1.165) is 4.47 Å². The molecular weight excluding hydrogens is 314 g/mol. The summed E-state index contributed by atoms with van der Waals surface area (Å²) >= 11 is 3.38. The van der Waals surface area contributed by atoms with Crippen molar-refractivity contribution >= 4 is 33.5 Å². The van der Waals surface area contributed by atoms with Crippen LogP contribution < -0.4 is 4.90 Å². The topological polar surface area (TPSA) is 66.8 Å². The number of aliphatic hydroxyl groups excluding tert-OH is 1. The van der Waals surface area contributed by atoms with E-state index in [-0.39, 0.29) is 24.9 Å². The highest BCUT2D eigenvalue weighted by atomic mass is 79.9. The Kier molecular flexibility index (Phi) is 4.21. The molecule has 6 heteroatoms. The fourth-order valence-electron chi connectivity index (χ4n) is 2.13. The van der Waals surface area contributed by atoms with Crippen LogP contribution in [0.1, 0.15) is 12.0 Å². The summed E-state index contributed by atoms with van der Waals surface area (Å²) < 4.78 is 5.43. The van der Waals surface area contributed by atoms with Gasteiger partial charge in [0.25, 0.3) is 0 Å². The van der Waals surface area contributed by atoms with E-state index < -0.39 is 5.92 Å². The molecule has 0 spiro atoms. The number of carbonyl (C=O) groups excluding carboxylic acids is 2. The summed E-state index contributed by atoms with van der Waals surface area (Å²) in [7, 11) is 1.32. The molecule has 1 unspecified atom stereocenters. The van der Waals surface area contributed by atoms with E-state index in [1.54, 1.807) is 23.1 Å². The average molecular weight is 328 g/mol. The Morgan fingerprint density at radius 3 is 2.95 bits per heavy atom. The van der Waals surface area contributed by atoms with Crippen molar-refractivity contribution in [1.29, 1.82) is 0 Å². The highest BCUT2D eigenvalue weighted by molar-refractivity contribution is 9.10. The lowest BCUT2D eigenvalue weighted by Gasteiger charge is -2.18. The third-order valence-electron chi connectivity index (χ3n) is 3.14. The predicted octanol–water partition coefficient (Wildman–Crippen LogP) is 1.47. The maximum Gasteiger partial charge on any atom is 0.311 e. The van der Waals surface area contributed by atoms with E-state index >= 15 is 0 Å². The summed E-state index contributed by atoms with van der Waals surface area (Å²) in [6.45, 7) is 0.210. The number of rotatable bonds is 3. The zero-order valence-electron chi connectivity index (χ0n) is 10.4. The summed E-state index contributed by atoms with van der Waals surface area (Å²) in [4.78, 5) is 25.0. The first-order valence-corrected chi connectivity index (χ1v) is 6.63. The number of carbonyl (C=O) groups is 2. The first-order valence-electron chi connectivity index (χ1n) is 5.84. The number of halogens is 1. The summed E-state index contributed by atoms with van der Waals surface area (Å²) in [5, 5.41) is 9.15. The second-order valence-corrected chi connectivity index (χ2v) is 5.23. The number of methoxy groups -OCH3 is 1. The van der Waals surface area contributed by atoms with E-state index in [9.17, 15) is 9.59 Å². The molecule has 0 bridgehead atoms. The van der Waals surface area contributed by atoms with Crippen LogP contribution in [0.4, 0.5) is 5.69 Å². The van der Waals surface area contributed by atoms with Crippen LogP contribution in [0.15, 0.2) is 22.7 Å².